The van der Waals surface area contributed by atoms with Crippen LogP contribution in [0.3, 0.4) is 0 Å². The lowest BCUT2D eigenvalue weighted by molar-refractivity contribution is -0.125. The molecule has 1 aliphatic rings. The summed E-state index contributed by atoms with van der Waals surface area (Å²) in [6.45, 7) is 4.81. The molecule has 0 unspecified atom stereocenters. The molecule has 1 amide bonds. The minimum Gasteiger partial charge on any atom is -0.355 e. The fourth-order valence-corrected chi connectivity index (χ4v) is 2.72. The van der Waals surface area contributed by atoms with Crippen molar-refractivity contribution < 1.29 is 4.79 Å². The van der Waals surface area contributed by atoms with E-state index in [1.807, 2.05) is 19.1 Å². The maximum atomic E-state index is 12.2. The second-order valence-electron chi connectivity index (χ2n) is 5.74. The average Bonchev–Trinajstić information content (AvgIpc) is 3.09. The van der Waals surface area contributed by atoms with Gasteiger partial charge in [-0.3, -0.25) is 9.48 Å². The normalized spacial score (nSPS) is 15.6. The number of carbonyl (C=O) groups excluding carboxylic acids is 1. The van der Waals surface area contributed by atoms with E-state index in [4.69, 9.17) is 0 Å². The molecule has 2 aromatic rings. The minimum atomic E-state index is 0.0698. The van der Waals surface area contributed by atoms with Crippen molar-refractivity contribution in [2.75, 3.05) is 24.5 Å². The van der Waals surface area contributed by atoms with Gasteiger partial charge < -0.3 is 10.2 Å². The molecule has 2 aromatic heterocycles. The van der Waals surface area contributed by atoms with Crippen LogP contribution in [0.1, 0.15) is 18.5 Å². The van der Waals surface area contributed by atoms with E-state index in [0.29, 0.717) is 13.1 Å². The molecular weight excluding hydrogens is 294 g/mol. The summed E-state index contributed by atoms with van der Waals surface area (Å²) in [5, 5.41) is 15.3. The Hall–Kier alpha value is -2.51. The second-order valence-corrected chi connectivity index (χ2v) is 5.74. The Bertz CT molecular complexity index is 618. The summed E-state index contributed by atoms with van der Waals surface area (Å²) in [5.41, 5.74) is 0.912. The number of aromatic nitrogens is 5. The van der Waals surface area contributed by atoms with Crippen LogP contribution in [0.4, 0.5) is 5.82 Å². The predicted octanol–water partition coefficient (Wildman–Crippen LogP) is 0.409. The number of piperidine rings is 1. The lowest BCUT2D eigenvalue weighted by Gasteiger charge is -2.31. The monoisotopic (exact) mass is 315 g/mol. The average molecular weight is 315 g/mol. The van der Waals surface area contributed by atoms with Crippen LogP contribution in [0.2, 0.25) is 0 Å². The van der Waals surface area contributed by atoms with E-state index in [0.717, 1.165) is 37.4 Å². The highest BCUT2D eigenvalue weighted by molar-refractivity contribution is 5.78. The van der Waals surface area contributed by atoms with Gasteiger partial charge in [0.15, 0.2) is 5.82 Å². The van der Waals surface area contributed by atoms with Crippen molar-refractivity contribution in [3.05, 3.63) is 30.5 Å². The number of hydrogen-bond donors (Lipinski definition) is 1. The molecule has 0 radical (unpaired) electrons. The molecule has 122 valence electrons. The fourth-order valence-electron chi connectivity index (χ4n) is 2.72. The first kappa shape index (κ1) is 15.4. The first-order valence-electron chi connectivity index (χ1n) is 7.88. The summed E-state index contributed by atoms with van der Waals surface area (Å²) in [4.78, 5) is 18.3. The van der Waals surface area contributed by atoms with Crippen LogP contribution in [0.15, 0.2) is 24.8 Å². The third-order valence-corrected chi connectivity index (χ3v) is 4.08. The van der Waals surface area contributed by atoms with E-state index in [2.05, 4.69) is 30.5 Å². The third-order valence-electron chi connectivity index (χ3n) is 4.08. The van der Waals surface area contributed by atoms with Crippen molar-refractivity contribution in [2.45, 2.75) is 26.3 Å². The Balaban J connectivity index is 1.43. The number of carbonyl (C=O) groups is 1. The summed E-state index contributed by atoms with van der Waals surface area (Å²) in [7, 11) is 0. The molecule has 1 N–H and O–H groups in total. The zero-order chi connectivity index (χ0) is 16.1. The first-order chi connectivity index (χ1) is 11.2. The minimum absolute atomic E-state index is 0.0698. The maximum Gasteiger partial charge on any atom is 0.223 e. The molecule has 1 saturated heterocycles. The summed E-state index contributed by atoms with van der Waals surface area (Å²) in [6.07, 6.45) is 4.81. The van der Waals surface area contributed by atoms with Gasteiger partial charge in [-0.05, 0) is 31.9 Å². The molecule has 8 nitrogen and oxygen atoms in total. The molecule has 3 heterocycles. The predicted molar refractivity (Wildman–Crippen MR) is 84.7 cm³/mol. The topological polar surface area (TPSA) is 88.8 Å². The van der Waals surface area contributed by atoms with E-state index in [-0.39, 0.29) is 11.8 Å². The molecule has 1 aliphatic heterocycles. The Morgan fingerprint density at radius 2 is 2.13 bits per heavy atom. The van der Waals surface area contributed by atoms with Crippen molar-refractivity contribution in [1.82, 2.24) is 30.3 Å². The molecule has 0 aliphatic carbocycles. The lowest BCUT2D eigenvalue weighted by Crippen LogP contribution is -2.41. The SMILES string of the molecule is Cc1ccc(N2CCC(C(=O)NCCn3cncn3)CC2)nn1. The van der Waals surface area contributed by atoms with E-state index in [1.165, 1.54) is 6.33 Å². The van der Waals surface area contributed by atoms with Crippen LogP contribution in [0.5, 0.6) is 0 Å². The van der Waals surface area contributed by atoms with Gasteiger partial charge in [0.1, 0.15) is 12.7 Å². The van der Waals surface area contributed by atoms with Gasteiger partial charge in [-0.2, -0.15) is 10.2 Å². The third kappa shape index (κ3) is 4.02. The van der Waals surface area contributed by atoms with E-state index in [1.54, 1.807) is 11.0 Å². The molecular formula is C15H21N7O. The fraction of sp³-hybridized carbons (Fsp3) is 0.533. The summed E-state index contributed by atoms with van der Waals surface area (Å²) < 4.78 is 1.71. The van der Waals surface area contributed by atoms with Crippen LogP contribution in [0.25, 0.3) is 0 Å². The van der Waals surface area contributed by atoms with Crippen LogP contribution in [-0.2, 0) is 11.3 Å². The van der Waals surface area contributed by atoms with Crippen LogP contribution < -0.4 is 10.2 Å². The highest BCUT2D eigenvalue weighted by Gasteiger charge is 2.25. The number of amides is 1. The maximum absolute atomic E-state index is 12.2. The lowest BCUT2D eigenvalue weighted by atomic mass is 9.96. The molecule has 0 atom stereocenters. The smallest absolute Gasteiger partial charge is 0.223 e. The van der Waals surface area contributed by atoms with E-state index < -0.39 is 0 Å². The van der Waals surface area contributed by atoms with Crippen molar-refractivity contribution in [3.8, 4) is 0 Å². The first-order valence-corrected chi connectivity index (χ1v) is 7.88. The van der Waals surface area contributed by atoms with Crippen LogP contribution in [0, 0.1) is 12.8 Å². The molecule has 1 fully saturated rings. The molecule has 3 rings (SSSR count). The second kappa shape index (κ2) is 7.17. The number of aryl methyl sites for hydroxylation is 1. The molecule has 8 heteroatoms. The Labute approximate surface area is 134 Å². The van der Waals surface area contributed by atoms with Crippen LogP contribution in [-0.4, -0.2) is 50.5 Å². The van der Waals surface area contributed by atoms with Crippen molar-refractivity contribution in [1.29, 1.82) is 0 Å². The zero-order valence-electron chi connectivity index (χ0n) is 13.2. The molecule has 23 heavy (non-hydrogen) atoms. The number of nitrogens with one attached hydrogen (secondary N) is 1. The van der Waals surface area contributed by atoms with Gasteiger partial charge in [-0.1, -0.05) is 0 Å². The summed E-state index contributed by atoms with van der Waals surface area (Å²) in [5.74, 6) is 1.08. The highest BCUT2D eigenvalue weighted by atomic mass is 16.1. The molecule has 0 aromatic carbocycles. The Morgan fingerprint density at radius 3 is 2.78 bits per heavy atom. The van der Waals surface area contributed by atoms with Crippen LogP contribution >= 0.6 is 0 Å². The van der Waals surface area contributed by atoms with Crippen molar-refractivity contribution >= 4 is 11.7 Å². The van der Waals surface area contributed by atoms with Gasteiger partial charge in [0.2, 0.25) is 5.91 Å². The largest absolute Gasteiger partial charge is 0.355 e. The zero-order valence-corrected chi connectivity index (χ0v) is 13.2. The van der Waals surface area contributed by atoms with Gasteiger partial charge in [-0.15, -0.1) is 5.10 Å². The Morgan fingerprint density at radius 1 is 1.30 bits per heavy atom. The molecule has 0 bridgehead atoms. The molecule has 0 spiro atoms. The number of hydrogen-bond acceptors (Lipinski definition) is 6. The van der Waals surface area contributed by atoms with Gasteiger partial charge >= 0.3 is 0 Å². The number of rotatable bonds is 5. The molecule has 0 saturated carbocycles. The van der Waals surface area contributed by atoms with Gasteiger partial charge in [0.25, 0.3) is 0 Å². The van der Waals surface area contributed by atoms with Crippen molar-refractivity contribution in [2.24, 2.45) is 5.92 Å². The van der Waals surface area contributed by atoms with E-state index in [9.17, 15) is 4.79 Å². The number of nitrogens with zero attached hydrogens (tertiary/aromatic N) is 6. The van der Waals surface area contributed by atoms with Gasteiger partial charge in [0, 0.05) is 25.6 Å². The highest BCUT2D eigenvalue weighted by Crippen LogP contribution is 2.21. The standard InChI is InChI=1S/C15H21N7O/c1-12-2-3-14(20-19-12)21-7-4-13(5-8-21)15(23)17-6-9-22-11-16-10-18-22/h2-3,10-11,13H,4-9H2,1H3,(H,17,23). The van der Waals surface area contributed by atoms with E-state index >= 15 is 0 Å². The quantitative estimate of drug-likeness (QED) is 0.859. The van der Waals surface area contributed by atoms with Gasteiger partial charge in [-0.25, -0.2) is 4.98 Å². The summed E-state index contributed by atoms with van der Waals surface area (Å²) in [6, 6.07) is 3.95. The van der Waals surface area contributed by atoms with Crippen molar-refractivity contribution in [3.63, 3.8) is 0 Å². The number of anilines is 1. The summed E-state index contributed by atoms with van der Waals surface area (Å²) >= 11 is 0. The van der Waals surface area contributed by atoms with Gasteiger partial charge in [0.05, 0.1) is 12.2 Å². The Kier molecular flexibility index (Phi) is 4.80.